The van der Waals surface area contributed by atoms with Crippen LogP contribution in [-0.2, 0) is 20.2 Å². The zero-order chi connectivity index (χ0) is 16.5. The molecule has 0 radical (unpaired) electrons. The van der Waals surface area contributed by atoms with Crippen molar-refractivity contribution < 1.29 is 18.3 Å². The molecule has 2 aromatic heterocycles. The highest BCUT2D eigenvalue weighted by atomic mass is 31.2. The molecule has 8 heteroatoms. The summed E-state index contributed by atoms with van der Waals surface area (Å²) in [4.78, 5) is 8.37. The van der Waals surface area contributed by atoms with Crippen molar-refractivity contribution in [1.29, 1.82) is 0 Å². The number of nitrogens with zero attached hydrogens (tertiary/aromatic N) is 4. The van der Waals surface area contributed by atoms with Crippen LogP contribution in [0.2, 0.25) is 0 Å². The molecule has 23 heavy (non-hydrogen) atoms. The van der Waals surface area contributed by atoms with Crippen LogP contribution in [0.25, 0.3) is 11.4 Å². The van der Waals surface area contributed by atoms with Crippen LogP contribution in [0.5, 0.6) is 0 Å². The molecule has 0 unspecified atom stereocenters. The maximum Gasteiger partial charge on any atom is 0.330 e. The number of aryl methyl sites for hydroxylation is 1. The van der Waals surface area contributed by atoms with E-state index < -0.39 is 7.60 Å². The maximum absolute atomic E-state index is 12.4. The highest BCUT2D eigenvalue weighted by molar-refractivity contribution is 7.53. The van der Waals surface area contributed by atoms with Gasteiger partial charge in [0.25, 0.3) is 0 Å². The van der Waals surface area contributed by atoms with Crippen LogP contribution in [-0.4, -0.2) is 34.4 Å². The summed E-state index contributed by atoms with van der Waals surface area (Å²) in [5, 5.41) is 4.33. The van der Waals surface area contributed by atoms with E-state index in [1.807, 2.05) is 26.1 Å². The van der Waals surface area contributed by atoms with E-state index in [2.05, 4.69) is 15.1 Å². The molecule has 0 N–H and O–H groups in total. The number of rotatable bonds is 9. The fourth-order valence-electron chi connectivity index (χ4n) is 2.08. The average Bonchev–Trinajstić information content (AvgIpc) is 2.57. The monoisotopic (exact) mass is 337 g/mol. The van der Waals surface area contributed by atoms with Crippen molar-refractivity contribution in [2.45, 2.75) is 26.8 Å². The highest BCUT2D eigenvalue weighted by Crippen LogP contribution is 2.48. The minimum atomic E-state index is -2.97. The Kier molecular flexibility index (Phi) is 6.77. The van der Waals surface area contributed by atoms with Crippen molar-refractivity contribution in [1.82, 2.24) is 15.1 Å². The molecule has 7 nitrogen and oxygen atoms in total. The molecule has 0 aliphatic carbocycles. The summed E-state index contributed by atoms with van der Waals surface area (Å²) in [6.07, 6.45) is 8.02. The fraction of sp³-hybridized carbons (Fsp3) is 0.467. The number of aromatic nitrogens is 4. The van der Waals surface area contributed by atoms with Gasteiger partial charge in [0.2, 0.25) is 0 Å². The van der Waals surface area contributed by atoms with Crippen LogP contribution in [0.15, 0.2) is 36.9 Å². The third kappa shape index (κ3) is 5.46. The van der Waals surface area contributed by atoms with E-state index in [1.54, 1.807) is 29.3 Å². The SMILES string of the molecule is CCOP(=O)(CCC[n+]1ccc(-c2ncccn2)cn1)OCC. The topological polar surface area (TPSA) is 78.1 Å². The quantitative estimate of drug-likeness (QED) is 0.517. The minimum Gasteiger partial charge on any atom is -0.309 e. The third-order valence-corrected chi connectivity index (χ3v) is 5.23. The summed E-state index contributed by atoms with van der Waals surface area (Å²) in [7, 11) is -2.97. The first-order chi connectivity index (χ1) is 11.2. The van der Waals surface area contributed by atoms with Crippen LogP contribution in [0.3, 0.4) is 0 Å². The third-order valence-electron chi connectivity index (χ3n) is 3.07. The Morgan fingerprint density at radius 2 is 1.87 bits per heavy atom. The molecule has 0 atom stereocenters. The lowest BCUT2D eigenvalue weighted by Gasteiger charge is -2.15. The second-order valence-corrected chi connectivity index (χ2v) is 6.96. The van der Waals surface area contributed by atoms with Crippen LogP contribution in [0, 0.1) is 0 Å². The number of hydrogen-bond donors (Lipinski definition) is 0. The second kappa shape index (κ2) is 8.82. The second-order valence-electron chi connectivity index (χ2n) is 4.77. The molecular weight excluding hydrogens is 315 g/mol. The van der Waals surface area contributed by atoms with E-state index in [0.717, 1.165) is 5.56 Å². The molecule has 2 rings (SSSR count). The van der Waals surface area contributed by atoms with Crippen molar-refractivity contribution in [2.75, 3.05) is 19.4 Å². The van der Waals surface area contributed by atoms with E-state index in [-0.39, 0.29) is 0 Å². The standard InChI is InChI=1S/C15H22N4O3P/c1-3-21-23(20,22-4-2)12-6-10-19-11-7-14(13-18-19)15-16-8-5-9-17-15/h5,7-9,11,13H,3-4,6,10,12H2,1-2H3/q+1. The lowest BCUT2D eigenvalue weighted by atomic mass is 10.3. The highest BCUT2D eigenvalue weighted by Gasteiger charge is 2.23. The Hall–Kier alpha value is -1.69. The van der Waals surface area contributed by atoms with Crippen LogP contribution in [0.1, 0.15) is 20.3 Å². The van der Waals surface area contributed by atoms with Gasteiger partial charge in [0.05, 0.1) is 19.4 Å². The maximum atomic E-state index is 12.4. The first kappa shape index (κ1) is 17.7. The Morgan fingerprint density at radius 3 is 2.43 bits per heavy atom. The van der Waals surface area contributed by atoms with Crippen LogP contribution >= 0.6 is 7.60 Å². The van der Waals surface area contributed by atoms with Crippen molar-refractivity contribution in [3.8, 4) is 11.4 Å². The summed E-state index contributed by atoms with van der Waals surface area (Å²) in [6, 6.07) is 3.68. The Morgan fingerprint density at radius 1 is 1.17 bits per heavy atom. The molecular formula is C15H22N4O3P+. The molecule has 2 heterocycles. The summed E-state index contributed by atoms with van der Waals surface area (Å²) in [5.74, 6) is 0.643. The molecule has 0 saturated heterocycles. The Bertz CT molecular complexity index is 627. The minimum absolute atomic E-state index is 0.382. The van der Waals surface area contributed by atoms with Gasteiger partial charge in [-0.2, -0.15) is 0 Å². The summed E-state index contributed by atoms with van der Waals surface area (Å²) in [5.41, 5.74) is 0.858. The van der Waals surface area contributed by atoms with Crippen molar-refractivity contribution >= 4 is 7.60 Å². The van der Waals surface area contributed by atoms with Gasteiger partial charge in [-0.25, -0.2) is 9.97 Å². The molecule has 0 aliphatic heterocycles. The normalized spacial score (nSPS) is 11.6. The van der Waals surface area contributed by atoms with E-state index in [1.165, 1.54) is 0 Å². The van der Waals surface area contributed by atoms with Crippen molar-refractivity contribution in [3.05, 3.63) is 36.9 Å². The van der Waals surface area contributed by atoms with Gasteiger partial charge >= 0.3 is 7.60 Å². The van der Waals surface area contributed by atoms with E-state index >= 15 is 0 Å². The molecule has 0 fully saturated rings. The van der Waals surface area contributed by atoms with Gasteiger partial charge in [-0.3, -0.25) is 4.57 Å². The molecule has 124 valence electrons. The van der Waals surface area contributed by atoms with E-state index in [4.69, 9.17) is 9.05 Å². The predicted molar refractivity (Wildman–Crippen MR) is 85.8 cm³/mol. The van der Waals surface area contributed by atoms with Gasteiger partial charge in [-0.1, -0.05) is 4.68 Å². The van der Waals surface area contributed by atoms with Crippen LogP contribution in [0.4, 0.5) is 0 Å². The Labute approximate surface area is 136 Å². The van der Waals surface area contributed by atoms with E-state index in [9.17, 15) is 4.57 Å². The Balaban J connectivity index is 1.90. The lowest BCUT2D eigenvalue weighted by Crippen LogP contribution is -2.37. The largest absolute Gasteiger partial charge is 0.330 e. The molecule has 2 aromatic rings. The van der Waals surface area contributed by atoms with E-state index in [0.29, 0.717) is 38.2 Å². The smallest absolute Gasteiger partial charge is 0.309 e. The number of hydrogen-bond acceptors (Lipinski definition) is 6. The first-order valence-electron chi connectivity index (χ1n) is 7.68. The molecule has 0 bridgehead atoms. The molecule has 0 spiro atoms. The van der Waals surface area contributed by atoms with Gasteiger partial charge in [-0.15, -0.1) is 0 Å². The molecule has 0 amide bonds. The molecule has 0 aromatic carbocycles. The first-order valence-corrected chi connectivity index (χ1v) is 9.41. The van der Waals surface area contributed by atoms with Gasteiger partial charge in [0.1, 0.15) is 6.20 Å². The van der Waals surface area contributed by atoms with Gasteiger partial charge < -0.3 is 9.05 Å². The van der Waals surface area contributed by atoms with Gasteiger partial charge in [-0.05, 0) is 25.0 Å². The summed E-state index contributed by atoms with van der Waals surface area (Å²) < 4.78 is 24.7. The van der Waals surface area contributed by atoms with Crippen molar-refractivity contribution in [3.63, 3.8) is 0 Å². The lowest BCUT2D eigenvalue weighted by molar-refractivity contribution is -0.753. The predicted octanol–water partition coefficient (Wildman–Crippen LogP) is 2.48. The fourth-order valence-corrected chi connectivity index (χ4v) is 3.73. The van der Waals surface area contributed by atoms with Gasteiger partial charge in [0, 0.05) is 30.4 Å². The van der Waals surface area contributed by atoms with Gasteiger partial charge in [0.15, 0.2) is 18.6 Å². The van der Waals surface area contributed by atoms with Crippen LogP contribution < -0.4 is 4.68 Å². The summed E-state index contributed by atoms with van der Waals surface area (Å²) in [6.45, 7) is 5.03. The molecule has 0 aliphatic rings. The zero-order valence-corrected chi connectivity index (χ0v) is 14.4. The zero-order valence-electron chi connectivity index (χ0n) is 13.5. The summed E-state index contributed by atoms with van der Waals surface area (Å²) >= 11 is 0. The molecule has 0 saturated carbocycles. The average molecular weight is 337 g/mol. The van der Waals surface area contributed by atoms with Crippen molar-refractivity contribution in [2.24, 2.45) is 0 Å².